The van der Waals surface area contributed by atoms with E-state index in [1.165, 1.54) is 11.8 Å². The molecule has 0 bridgehead atoms. The highest BCUT2D eigenvalue weighted by Crippen LogP contribution is 2.37. The lowest BCUT2D eigenvalue weighted by Gasteiger charge is -2.15. The van der Waals surface area contributed by atoms with Gasteiger partial charge in [-0.3, -0.25) is 4.79 Å². The van der Waals surface area contributed by atoms with Crippen molar-refractivity contribution in [3.05, 3.63) is 51.4 Å². The molecule has 2 heterocycles. The first-order chi connectivity index (χ1) is 14.2. The number of dihydropyridines is 1. The Balaban J connectivity index is 2.05. The summed E-state index contributed by atoms with van der Waals surface area (Å²) in [6, 6.07) is 5.30. The van der Waals surface area contributed by atoms with Crippen LogP contribution in [-0.4, -0.2) is 27.8 Å². The van der Waals surface area contributed by atoms with Crippen LogP contribution >= 0.6 is 35.0 Å². The van der Waals surface area contributed by atoms with E-state index in [1.54, 1.807) is 12.3 Å². The summed E-state index contributed by atoms with van der Waals surface area (Å²) in [7, 11) is 0. The van der Waals surface area contributed by atoms with Crippen LogP contribution in [0.15, 0.2) is 44.8 Å². The van der Waals surface area contributed by atoms with Gasteiger partial charge in [0.15, 0.2) is 6.61 Å². The highest BCUT2D eigenvalue weighted by Gasteiger charge is 2.22. The molecule has 0 radical (unpaired) electrons. The Hall–Kier alpha value is -2.29. The van der Waals surface area contributed by atoms with Gasteiger partial charge in [0.05, 0.1) is 12.2 Å². The molecule has 0 atom stereocenters. The number of rotatable bonds is 7. The number of primary amides is 1. The molecule has 0 saturated carbocycles. The van der Waals surface area contributed by atoms with E-state index in [2.05, 4.69) is 4.99 Å². The van der Waals surface area contributed by atoms with Crippen LogP contribution < -0.4 is 5.73 Å². The van der Waals surface area contributed by atoms with Gasteiger partial charge >= 0.3 is 6.09 Å². The average Bonchev–Trinajstić information content (AvgIpc) is 2.98. The van der Waals surface area contributed by atoms with E-state index in [0.29, 0.717) is 22.4 Å². The molecule has 1 aliphatic rings. The number of aliphatic imine (C=N–C) groups is 1. The molecule has 0 fully saturated rings. The fraction of sp³-hybridized carbons (Fsp3) is 0.300. The largest absolute Gasteiger partial charge is 0.442 e. The third-order valence-corrected chi connectivity index (χ3v) is 5.75. The highest BCUT2D eigenvalue weighted by atomic mass is 35.5. The number of allylic oxidation sites excluding steroid dienone is 1. The Morgan fingerprint density at radius 3 is 2.57 bits per heavy atom. The highest BCUT2D eigenvalue weighted by molar-refractivity contribution is 7.99. The van der Waals surface area contributed by atoms with Crippen molar-refractivity contribution in [1.29, 1.82) is 0 Å². The summed E-state index contributed by atoms with van der Waals surface area (Å²) in [6.07, 6.45) is 2.74. The van der Waals surface area contributed by atoms with Gasteiger partial charge in [0.25, 0.3) is 0 Å². The van der Waals surface area contributed by atoms with Crippen LogP contribution in [0, 0.1) is 0 Å². The zero-order valence-electron chi connectivity index (χ0n) is 16.4. The standard InChI is InChI=1S/C20H20Cl2N4O3S/c1-11(2)18-19(30-15-6-13(21)5-14(22)7-15)26(16(25-18)10-29-20(23)28)9-12-3-4-17(27)24-8-12/h3,5-8,11H,4,9-10H2,1-2H3,(H2,23,28). The Morgan fingerprint density at radius 1 is 1.30 bits per heavy atom. The first-order valence-electron chi connectivity index (χ1n) is 9.14. The van der Waals surface area contributed by atoms with Gasteiger partial charge in [-0.1, -0.05) is 54.9 Å². The lowest BCUT2D eigenvalue weighted by Crippen LogP contribution is -2.16. The minimum Gasteiger partial charge on any atom is -0.442 e. The molecule has 1 aromatic carbocycles. The summed E-state index contributed by atoms with van der Waals surface area (Å²) in [6.45, 7) is 4.39. The molecule has 0 unspecified atom stereocenters. The smallest absolute Gasteiger partial charge is 0.404 e. The molecule has 0 spiro atoms. The van der Waals surface area contributed by atoms with Gasteiger partial charge in [-0.05, 0) is 29.7 Å². The Bertz CT molecular complexity index is 1030. The van der Waals surface area contributed by atoms with Crippen LogP contribution in [0.5, 0.6) is 0 Å². The molecule has 7 nitrogen and oxygen atoms in total. The van der Waals surface area contributed by atoms with Crippen molar-refractivity contribution in [1.82, 2.24) is 9.55 Å². The second-order valence-electron chi connectivity index (χ2n) is 6.91. The van der Waals surface area contributed by atoms with Crippen molar-refractivity contribution in [3.63, 3.8) is 0 Å². The molecule has 3 rings (SSSR count). The molecule has 1 aliphatic heterocycles. The van der Waals surface area contributed by atoms with Crippen LogP contribution in [0.3, 0.4) is 0 Å². The van der Waals surface area contributed by atoms with Crippen molar-refractivity contribution < 1.29 is 14.3 Å². The predicted molar refractivity (Wildman–Crippen MR) is 117 cm³/mol. The number of halogens is 2. The van der Waals surface area contributed by atoms with Gasteiger partial charge in [-0.25, -0.2) is 14.8 Å². The number of carbonyl (C=O) groups is 2. The Labute approximate surface area is 188 Å². The molecule has 30 heavy (non-hydrogen) atoms. The summed E-state index contributed by atoms with van der Waals surface area (Å²) in [5, 5.41) is 1.91. The lowest BCUT2D eigenvalue weighted by atomic mass is 10.1. The number of hydrogen-bond donors (Lipinski definition) is 1. The normalized spacial score (nSPS) is 13.6. The number of hydrogen-bond acceptors (Lipinski definition) is 5. The average molecular weight is 467 g/mol. The maximum Gasteiger partial charge on any atom is 0.404 e. The van der Waals surface area contributed by atoms with Gasteiger partial charge in [-0.15, -0.1) is 0 Å². The van der Waals surface area contributed by atoms with E-state index in [9.17, 15) is 9.59 Å². The first-order valence-corrected chi connectivity index (χ1v) is 10.7. The summed E-state index contributed by atoms with van der Waals surface area (Å²) >= 11 is 13.8. The Morgan fingerprint density at radius 2 is 2.00 bits per heavy atom. The number of benzene rings is 1. The molecule has 0 saturated heterocycles. The molecular formula is C20H20Cl2N4O3S. The third kappa shape index (κ3) is 5.65. The first kappa shape index (κ1) is 22.4. The number of carbonyl (C=O) groups excluding carboxylic acids is 2. The van der Waals surface area contributed by atoms with Gasteiger partial charge in [0.1, 0.15) is 10.9 Å². The number of ether oxygens (including phenoxy) is 1. The van der Waals surface area contributed by atoms with Crippen LogP contribution in [-0.2, 0) is 22.7 Å². The summed E-state index contributed by atoms with van der Waals surface area (Å²) < 4.78 is 6.94. The maximum atomic E-state index is 11.4. The van der Waals surface area contributed by atoms with Crippen molar-refractivity contribution in [2.75, 3.05) is 0 Å². The predicted octanol–water partition coefficient (Wildman–Crippen LogP) is 4.99. The third-order valence-electron chi connectivity index (χ3n) is 4.22. The van der Waals surface area contributed by atoms with Crippen LogP contribution in [0.25, 0.3) is 0 Å². The number of aromatic nitrogens is 2. The van der Waals surface area contributed by atoms with Crippen LogP contribution in [0.1, 0.15) is 37.7 Å². The van der Waals surface area contributed by atoms with Crippen molar-refractivity contribution in [3.8, 4) is 0 Å². The fourth-order valence-corrected chi connectivity index (χ4v) is 4.78. The van der Waals surface area contributed by atoms with Gasteiger partial charge < -0.3 is 15.0 Å². The zero-order valence-corrected chi connectivity index (χ0v) is 18.7. The quantitative estimate of drug-likeness (QED) is 0.619. The number of nitrogens with zero attached hydrogens (tertiary/aromatic N) is 3. The number of nitrogens with two attached hydrogens (primary N) is 1. The molecule has 0 aliphatic carbocycles. The molecular weight excluding hydrogens is 447 g/mol. The van der Waals surface area contributed by atoms with Crippen molar-refractivity contribution in [2.45, 2.75) is 49.3 Å². The SMILES string of the molecule is CC(C)c1nc(COC(N)=O)n(CC2=CCC(=O)N=C2)c1Sc1cc(Cl)cc(Cl)c1. The second kappa shape index (κ2) is 9.68. The van der Waals surface area contributed by atoms with E-state index >= 15 is 0 Å². The number of imidazole rings is 1. The van der Waals surface area contributed by atoms with E-state index in [0.717, 1.165) is 21.2 Å². The maximum absolute atomic E-state index is 11.4. The fourth-order valence-electron chi connectivity index (χ4n) is 2.86. The minimum absolute atomic E-state index is 0.0741. The van der Waals surface area contributed by atoms with Gasteiger partial charge in [0.2, 0.25) is 5.91 Å². The molecule has 2 N–H and O–H groups in total. The summed E-state index contributed by atoms with van der Waals surface area (Å²) in [5.41, 5.74) is 6.84. The summed E-state index contributed by atoms with van der Waals surface area (Å²) in [5.74, 6) is 0.457. The number of amides is 2. The van der Waals surface area contributed by atoms with E-state index in [-0.39, 0.29) is 24.9 Å². The summed E-state index contributed by atoms with van der Waals surface area (Å²) in [4.78, 5) is 32.0. The Kier molecular flexibility index (Phi) is 7.23. The van der Waals surface area contributed by atoms with Crippen molar-refractivity contribution in [2.24, 2.45) is 10.7 Å². The molecule has 2 amide bonds. The van der Waals surface area contributed by atoms with Gasteiger partial charge in [-0.2, -0.15) is 0 Å². The molecule has 2 aromatic rings. The topological polar surface area (TPSA) is 99.6 Å². The lowest BCUT2D eigenvalue weighted by molar-refractivity contribution is -0.117. The zero-order chi connectivity index (χ0) is 21.8. The van der Waals surface area contributed by atoms with Gasteiger partial charge in [0, 0.05) is 27.6 Å². The van der Waals surface area contributed by atoms with E-state index < -0.39 is 6.09 Å². The van der Waals surface area contributed by atoms with Crippen molar-refractivity contribution >= 4 is 53.2 Å². The second-order valence-corrected chi connectivity index (χ2v) is 8.84. The molecule has 1 aromatic heterocycles. The van der Waals surface area contributed by atoms with Crippen LogP contribution in [0.2, 0.25) is 10.0 Å². The van der Waals surface area contributed by atoms with E-state index in [1.807, 2.05) is 36.6 Å². The minimum atomic E-state index is -0.879. The molecule has 10 heteroatoms. The monoisotopic (exact) mass is 466 g/mol. The van der Waals surface area contributed by atoms with Crippen LogP contribution in [0.4, 0.5) is 4.79 Å². The van der Waals surface area contributed by atoms with E-state index in [4.69, 9.17) is 38.7 Å². The molecule has 158 valence electrons.